The summed E-state index contributed by atoms with van der Waals surface area (Å²) in [5.74, 6) is 0. The predicted molar refractivity (Wildman–Crippen MR) is 118 cm³/mol. The lowest BCUT2D eigenvalue weighted by Gasteiger charge is -2.43. The molecule has 0 aromatic heterocycles. The maximum absolute atomic E-state index is 6.03. The Morgan fingerprint density at radius 1 is 0.714 bits per heavy atom. The second kappa shape index (κ2) is 6.28. The molecule has 2 nitrogen and oxygen atoms in total. The molecule has 0 bridgehead atoms. The highest BCUT2D eigenvalue weighted by Crippen LogP contribution is 2.53. The van der Waals surface area contributed by atoms with Crippen LogP contribution >= 0.6 is 0 Å². The van der Waals surface area contributed by atoms with Crippen molar-refractivity contribution in [3.05, 3.63) is 124 Å². The van der Waals surface area contributed by atoms with Crippen LogP contribution in [0.3, 0.4) is 0 Å². The van der Waals surface area contributed by atoms with Gasteiger partial charge in [-0.3, -0.25) is 0 Å². The van der Waals surface area contributed by atoms with E-state index in [0.29, 0.717) is 0 Å². The average molecular weight is 362 g/mol. The van der Waals surface area contributed by atoms with Crippen LogP contribution in [0.5, 0.6) is 0 Å². The summed E-state index contributed by atoms with van der Waals surface area (Å²) >= 11 is 0. The fourth-order valence-electron chi connectivity index (χ4n) is 4.62. The zero-order valence-electron chi connectivity index (χ0n) is 15.6. The highest BCUT2D eigenvalue weighted by Gasteiger charge is 2.44. The monoisotopic (exact) mass is 362 g/mol. The van der Waals surface area contributed by atoms with Crippen molar-refractivity contribution >= 4 is 17.5 Å². The molecular formula is C26H22N2. The number of benzene rings is 3. The van der Waals surface area contributed by atoms with Crippen LogP contribution in [-0.4, -0.2) is 0 Å². The molecule has 0 aliphatic heterocycles. The molecule has 2 heteroatoms. The van der Waals surface area contributed by atoms with Gasteiger partial charge in [-0.2, -0.15) is 0 Å². The van der Waals surface area contributed by atoms with E-state index >= 15 is 0 Å². The van der Waals surface area contributed by atoms with Gasteiger partial charge in [0.15, 0.2) is 0 Å². The van der Waals surface area contributed by atoms with E-state index in [0.717, 1.165) is 17.8 Å². The number of fused-ring (bicyclic) bond motifs is 2. The summed E-state index contributed by atoms with van der Waals surface area (Å²) in [5.41, 5.74) is 20.8. The molecule has 5 rings (SSSR count). The Morgan fingerprint density at radius 3 is 1.96 bits per heavy atom. The van der Waals surface area contributed by atoms with Crippen molar-refractivity contribution in [2.75, 3.05) is 11.5 Å². The number of rotatable bonds is 2. The van der Waals surface area contributed by atoms with Crippen molar-refractivity contribution < 1.29 is 0 Å². The number of allylic oxidation sites excluding steroid dienone is 5. The van der Waals surface area contributed by atoms with Crippen molar-refractivity contribution in [1.82, 2.24) is 0 Å². The van der Waals surface area contributed by atoms with Crippen molar-refractivity contribution in [1.29, 1.82) is 0 Å². The number of hydrogen-bond donors (Lipinski definition) is 2. The molecule has 0 saturated carbocycles. The van der Waals surface area contributed by atoms with Gasteiger partial charge in [-0.05, 0) is 70.2 Å². The molecule has 0 saturated heterocycles. The van der Waals surface area contributed by atoms with Crippen LogP contribution in [0.2, 0.25) is 0 Å². The van der Waals surface area contributed by atoms with Gasteiger partial charge in [0.1, 0.15) is 0 Å². The standard InChI is InChI=1S/C26H22N2/c27-22-13-9-20(10-14-22)26(21-11-15-23(28)16-12-21)24-7-3-1-5-18(24)17-19-6-2-4-8-25(19)26/h1-3,5-17H,4,27-28H2. The minimum absolute atomic E-state index is 0.396. The Kier molecular flexibility index (Phi) is 3.73. The van der Waals surface area contributed by atoms with Crippen LogP contribution in [0.4, 0.5) is 11.4 Å². The number of nitrogen functional groups attached to an aromatic ring is 2. The van der Waals surface area contributed by atoms with Gasteiger partial charge in [0.2, 0.25) is 0 Å². The third-order valence-corrected chi connectivity index (χ3v) is 5.83. The van der Waals surface area contributed by atoms with Gasteiger partial charge in [0.05, 0.1) is 5.41 Å². The Bertz CT molecular complexity index is 1080. The lowest BCUT2D eigenvalue weighted by molar-refractivity contribution is 0.723. The highest BCUT2D eigenvalue weighted by molar-refractivity contribution is 5.80. The summed E-state index contributed by atoms with van der Waals surface area (Å²) in [5, 5.41) is 0. The number of nitrogens with two attached hydrogens (primary N) is 2. The van der Waals surface area contributed by atoms with Crippen LogP contribution in [0.25, 0.3) is 6.08 Å². The van der Waals surface area contributed by atoms with Crippen LogP contribution in [0.1, 0.15) is 28.7 Å². The van der Waals surface area contributed by atoms with Crippen LogP contribution in [-0.2, 0) is 5.41 Å². The van der Waals surface area contributed by atoms with E-state index in [9.17, 15) is 0 Å². The summed E-state index contributed by atoms with van der Waals surface area (Å²) < 4.78 is 0. The maximum Gasteiger partial charge on any atom is 0.0710 e. The second-order valence-corrected chi connectivity index (χ2v) is 7.44. The Balaban J connectivity index is 1.92. The largest absolute Gasteiger partial charge is 0.399 e. The first kappa shape index (κ1) is 16.6. The van der Waals surface area contributed by atoms with Gasteiger partial charge < -0.3 is 11.5 Å². The fraction of sp³-hybridized carbons (Fsp3) is 0.0769. The molecule has 136 valence electrons. The molecule has 0 spiro atoms. The predicted octanol–water partition coefficient (Wildman–Crippen LogP) is 5.47. The molecule has 28 heavy (non-hydrogen) atoms. The third kappa shape index (κ3) is 2.35. The van der Waals surface area contributed by atoms with Crippen LogP contribution in [0, 0.1) is 0 Å². The van der Waals surface area contributed by atoms with Gasteiger partial charge in [0.25, 0.3) is 0 Å². The zero-order valence-corrected chi connectivity index (χ0v) is 15.6. The van der Waals surface area contributed by atoms with Crippen molar-refractivity contribution in [3.8, 4) is 0 Å². The molecule has 2 aliphatic rings. The van der Waals surface area contributed by atoms with Crippen molar-refractivity contribution in [2.45, 2.75) is 11.8 Å². The highest BCUT2D eigenvalue weighted by atomic mass is 14.6. The topological polar surface area (TPSA) is 52.0 Å². The van der Waals surface area contributed by atoms with Gasteiger partial charge in [-0.25, -0.2) is 0 Å². The average Bonchev–Trinajstić information content (AvgIpc) is 2.73. The minimum atomic E-state index is -0.396. The normalized spacial score (nSPS) is 16.6. The zero-order chi connectivity index (χ0) is 19.1. The summed E-state index contributed by atoms with van der Waals surface area (Å²) in [7, 11) is 0. The Labute approximate surface area is 165 Å². The SMILES string of the molecule is Nc1ccc(C2(c3ccc(N)cc3)C3=CCC=CC3=Cc3ccccc32)cc1. The minimum Gasteiger partial charge on any atom is -0.399 e. The summed E-state index contributed by atoms with van der Waals surface area (Å²) in [4.78, 5) is 0. The van der Waals surface area contributed by atoms with Gasteiger partial charge in [-0.15, -0.1) is 0 Å². The first-order valence-corrected chi connectivity index (χ1v) is 9.60. The molecule has 3 aromatic rings. The molecule has 3 aromatic carbocycles. The summed E-state index contributed by atoms with van der Waals surface area (Å²) in [6, 6.07) is 25.3. The van der Waals surface area contributed by atoms with E-state index in [4.69, 9.17) is 11.5 Å². The van der Waals surface area contributed by atoms with Crippen LogP contribution < -0.4 is 11.5 Å². The van der Waals surface area contributed by atoms with E-state index in [1.54, 1.807) is 0 Å². The summed E-state index contributed by atoms with van der Waals surface area (Å²) in [6.45, 7) is 0. The van der Waals surface area contributed by atoms with Crippen LogP contribution in [0.15, 0.2) is 102 Å². The van der Waals surface area contributed by atoms with Gasteiger partial charge in [0, 0.05) is 11.4 Å². The van der Waals surface area contributed by atoms with Crippen molar-refractivity contribution in [2.24, 2.45) is 0 Å². The van der Waals surface area contributed by atoms with E-state index in [2.05, 4.69) is 72.8 Å². The first-order chi connectivity index (χ1) is 13.7. The lowest BCUT2D eigenvalue weighted by Crippen LogP contribution is -2.35. The molecule has 0 unspecified atom stereocenters. The third-order valence-electron chi connectivity index (χ3n) is 5.83. The van der Waals surface area contributed by atoms with Gasteiger partial charge in [-0.1, -0.05) is 66.8 Å². The molecule has 4 N–H and O–H groups in total. The molecule has 0 heterocycles. The summed E-state index contributed by atoms with van der Waals surface area (Å²) in [6.07, 6.45) is 10.0. The molecule has 2 aliphatic carbocycles. The second-order valence-electron chi connectivity index (χ2n) is 7.44. The van der Waals surface area contributed by atoms with Crippen molar-refractivity contribution in [3.63, 3.8) is 0 Å². The molecule has 0 atom stereocenters. The lowest BCUT2D eigenvalue weighted by atomic mass is 9.59. The van der Waals surface area contributed by atoms with E-state index in [-0.39, 0.29) is 0 Å². The van der Waals surface area contributed by atoms with E-state index in [1.807, 2.05) is 24.3 Å². The molecule has 0 amide bonds. The van der Waals surface area contributed by atoms with E-state index < -0.39 is 5.41 Å². The number of anilines is 2. The molecular weight excluding hydrogens is 340 g/mol. The quantitative estimate of drug-likeness (QED) is 0.594. The molecule has 0 fully saturated rings. The Hall–Kier alpha value is -3.52. The molecule has 0 radical (unpaired) electrons. The first-order valence-electron chi connectivity index (χ1n) is 9.60. The fourth-order valence-corrected chi connectivity index (χ4v) is 4.62. The van der Waals surface area contributed by atoms with E-state index in [1.165, 1.54) is 33.4 Å². The smallest absolute Gasteiger partial charge is 0.0710 e. The maximum atomic E-state index is 6.03. The Morgan fingerprint density at radius 2 is 1.32 bits per heavy atom. The van der Waals surface area contributed by atoms with Gasteiger partial charge >= 0.3 is 0 Å². The number of hydrogen-bond acceptors (Lipinski definition) is 2.